The van der Waals surface area contributed by atoms with Crippen molar-refractivity contribution in [3.8, 4) is 0 Å². The Balaban J connectivity index is 1.64. The average molecular weight is 212 g/mol. The van der Waals surface area contributed by atoms with Gasteiger partial charge in [-0.15, -0.1) is 0 Å². The fraction of sp³-hybridized carbons (Fsp3) is 0.909. The molecule has 4 nitrogen and oxygen atoms in total. The van der Waals surface area contributed by atoms with Crippen LogP contribution in [0.2, 0.25) is 0 Å². The van der Waals surface area contributed by atoms with Gasteiger partial charge < -0.3 is 10.0 Å². The molecule has 0 aliphatic carbocycles. The van der Waals surface area contributed by atoms with E-state index in [4.69, 9.17) is 5.11 Å². The van der Waals surface area contributed by atoms with Crippen LogP contribution in [0.5, 0.6) is 0 Å². The highest BCUT2D eigenvalue weighted by molar-refractivity contribution is 5.66. The van der Waals surface area contributed by atoms with Crippen molar-refractivity contribution >= 4 is 5.97 Å². The van der Waals surface area contributed by atoms with E-state index in [0.29, 0.717) is 12.5 Å². The van der Waals surface area contributed by atoms with Gasteiger partial charge in [-0.05, 0) is 26.3 Å². The summed E-state index contributed by atoms with van der Waals surface area (Å²) in [6.45, 7) is 3.60. The molecule has 0 spiro atoms. The Morgan fingerprint density at radius 2 is 2.20 bits per heavy atom. The Bertz CT molecular complexity index is 239. The number of nitrogens with zero attached hydrogens (tertiary/aromatic N) is 2. The molecule has 2 aliphatic rings. The van der Waals surface area contributed by atoms with Crippen molar-refractivity contribution in [1.82, 2.24) is 9.80 Å². The number of carboxylic acid groups (broad SMARTS) is 1. The molecule has 2 aliphatic heterocycles. The first kappa shape index (κ1) is 10.9. The first-order valence-electron chi connectivity index (χ1n) is 5.83. The number of aliphatic carboxylic acids is 1. The lowest BCUT2D eigenvalue weighted by Crippen LogP contribution is -2.64. The lowest BCUT2D eigenvalue weighted by molar-refractivity contribution is -0.137. The molecule has 4 heteroatoms. The van der Waals surface area contributed by atoms with Gasteiger partial charge in [-0.3, -0.25) is 9.69 Å². The Hall–Kier alpha value is -0.610. The third-order valence-electron chi connectivity index (χ3n) is 3.63. The molecule has 1 N–H and O–H groups in total. The van der Waals surface area contributed by atoms with Crippen LogP contribution >= 0.6 is 0 Å². The van der Waals surface area contributed by atoms with Crippen molar-refractivity contribution in [2.45, 2.75) is 37.8 Å². The lowest BCUT2D eigenvalue weighted by atomic mass is 9.92. The van der Waals surface area contributed by atoms with Gasteiger partial charge in [0.25, 0.3) is 0 Å². The third kappa shape index (κ3) is 2.49. The summed E-state index contributed by atoms with van der Waals surface area (Å²) in [4.78, 5) is 15.3. The molecule has 1 atom stereocenters. The topological polar surface area (TPSA) is 43.8 Å². The molecule has 86 valence electrons. The van der Waals surface area contributed by atoms with E-state index in [0.717, 1.165) is 18.9 Å². The van der Waals surface area contributed by atoms with Gasteiger partial charge in [0.1, 0.15) is 0 Å². The molecule has 2 fully saturated rings. The molecule has 0 saturated carbocycles. The van der Waals surface area contributed by atoms with Crippen LogP contribution in [0, 0.1) is 0 Å². The molecule has 0 amide bonds. The van der Waals surface area contributed by atoms with Crippen LogP contribution in [0.25, 0.3) is 0 Å². The second-order valence-corrected chi connectivity index (χ2v) is 4.84. The molecular weight excluding hydrogens is 192 g/mol. The van der Waals surface area contributed by atoms with Crippen molar-refractivity contribution in [3.05, 3.63) is 0 Å². The zero-order valence-electron chi connectivity index (χ0n) is 9.35. The highest BCUT2D eigenvalue weighted by atomic mass is 16.4. The summed E-state index contributed by atoms with van der Waals surface area (Å²) < 4.78 is 0. The summed E-state index contributed by atoms with van der Waals surface area (Å²) in [5.41, 5.74) is 0. The van der Waals surface area contributed by atoms with Crippen molar-refractivity contribution in [2.75, 3.05) is 26.7 Å². The Morgan fingerprint density at radius 3 is 2.67 bits per heavy atom. The Labute approximate surface area is 90.9 Å². The average Bonchev–Trinajstić information content (AvgIpc) is 2.07. The number of likely N-dealkylation sites (N-methyl/N-ethyl adjacent to an activating group) is 1. The summed E-state index contributed by atoms with van der Waals surface area (Å²) in [5.74, 6) is -0.663. The predicted octanol–water partition coefficient (Wildman–Crippen LogP) is 0.630. The minimum atomic E-state index is -0.663. The molecule has 15 heavy (non-hydrogen) atoms. The SMILES string of the molecule is CN1CC(N2CCC2CCCC(=O)O)C1. The van der Waals surface area contributed by atoms with Crippen molar-refractivity contribution in [2.24, 2.45) is 0 Å². The number of carbonyl (C=O) groups is 1. The largest absolute Gasteiger partial charge is 0.481 e. The van der Waals surface area contributed by atoms with Crippen molar-refractivity contribution < 1.29 is 9.90 Å². The quantitative estimate of drug-likeness (QED) is 0.726. The fourth-order valence-corrected chi connectivity index (χ4v) is 2.62. The fourth-order valence-electron chi connectivity index (χ4n) is 2.62. The van der Waals surface area contributed by atoms with Gasteiger partial charge in [-0.2, -0.15) is 0 Å². The van der Waals surface area contributed by atoms with Crippen LogP contribution in [-0.4, -0.2) is 59.6 Å². The van der Waals surface area contributed by atoms with E-state index in [1.807, 2.05) is 0 Å². The predicted molar refractivity (Wildman–Crippen MR) is 57.9 cm³/mol. The molecule has 0 aromatic carbocycles. The molecule has 0 aromatic rings. The summed E-state index contributed by atoms with van der Waals surface area (Å²) in [7, 11) is 2.15. The minimum absolute atomic E-state index is 0.328. The van der Waals surface area contributed by atoms with E-state index >= 15 is 0 Å². The van der Waals surface area contributed by atoms with Crippen LogP contribution in [0.4, 0.5) is 0 Å². The zero-order valence-corrected chi connectivity index (χ0v) is 9.35. The monoisotopic (exact) mass is 212 g/mol. The minimum Gasteiger partial charge on any atom is -0.481 e. The third-order valence-corrected chi connectivity index (χ3v) is 3.63. The van der Waals surface area contributed by atoms with Gasteiger partial charge in [0.15, 0.2) is 0 Å². The Kier molecular flexibility index (Phi) is 3.26. The first-order chi connectivity index (χ1) is 7.16. The number of carboxylic acids is 1. The second-order valence-electron chi connectivity index (χ2n) is 4.84. The molecule has 2 rings (SSSR count). The van der Waals surface area contributed by atoms with Crippen molar-refractivity contribution in [3.63, 3.8) is 0 Å². The maximum Gasteiger partial charge on any atom is 0.303 e. The van der Waals surface area contributed by atoms with Gasteiger partial charge in [-0.1, -0.05) is 0 Å². The summed E-state index contributed by atoms with van der Waals surface area (Å²) in [5, 5.41) is 8.56. The van der Waals surface area contributed by atoms with E-state index < -0.39 is 5.97 Å². The maximum atomic E-state index is 10.4. The van der Waals surface area contributed by atoms with E-state index in [1.165, 1.54) is 26.1 Å². The zero-order chi connectivity index (χ0) is 10.8. The molecule has 0 bridgehead atoms. The van der Waals surface area contributed by atoms with E-state index in [9.17, 15) is 4.79 Å². The van der Waals surface area contributed by atoms with Gasteiger partial charge in [0.2, 0.25) is 0 Å². The number of hydrogen-bond donors (Lipinski definition) is 1. The van der Waals surface area contributed by atoms with Crippen LogP contribution in [0.15, 0.2) is 0 Å². The van der Waals surface area contributed by atoms with Crippen LogP contribution in [0.1, 0.15) is 25.7 Å². The molecule has 2 saturated heterocycles. The van der Waals surface area contributed by atoms with Gasteiger partial charge in [0, 0.05) is 38.1 Å². The van der Waals surface area contributed by atoms with E-state index in [2.05, 4.69) is 16.8 Å². The maximum absolute atomic E-state index is 10.4. The number of rotatable bonds is 5. The lowest BCUT2D eigenvalue weighted by Gasteiger charge is -2.52. The molecule has 2 heterocycles. The molecule has 1 unspecified atom stereocenters. The van der Waals surface area contributed by atoms with Gasteiger partial charge in [0.05, 0.1) is 0 Å². The summed E-state index contributed by atoms with van der Waals surface area (Å²) in [6, 6.07) is 1.42. The Morgan fingerprint density at radius 1 is 1.47 bits per heavy atom. The van der Waals surface area contributed by atoms with E-state index in [1.54, 1.807) is 0 Å². The first-order valence-corrected chi connectivity index (χ1v) is 5.83. The molecule has 0 radical (unpaired) electrons. The van der Waals surface area contributed by atoms with Crippen molar-refractivity contribution in [1.29, 1.82) is 0 Å². The van der Waals surface area contributed by atoms with Gasteiger partial charge in [-0.25, -0.2) is 0 Å². The summed E-state index contributed by atoms with van der Waals surface area (Å²) >= 11 is 0. The van der Waals surface area contributed by atoms with E-state index in [-0.39, 0.29) is 0 Å². The second kappa shape index (κ2) is 4.49. The molecule has 0 aromatic heterocycles. The normalized spacial score (nSPS) is 28.5. The standard InChI is InChI=1S/C11H20N2O2/c1-12-7-10(8-12)13-6-5-9(13)3-2-4-11(14)15/h9-10H,2-8H2,1H3,(H,14,15). The van der Waals surface area contributed by atoms with Gasteiger partial charge >= 0.3 is 5.97 Å². The number of likely N-dealkylation sites (tertiary alicyclic amines) is 2. The molecular formula is C11H20N2O2. The smallest absolute Gasteiger partial charge is 0.303 e. The number of hydrogen-bond acceptors (Lipinski definition) is 3. The highest BCUT2D eigenvalue weighted by Gasteiger charge is 2.38. The summed E-state index contributed by atoms with van der Waals surface area (Å²) in [6.07, 6.45) is 3.49. The van der Waals surface area contributed by atoms with Crippen LogP contribution in [0.3, 0.4) is 0 Å². The van der Waals surface area contributed by atoms with Crippen LogP contribution in [-0.2, 0) is 4.79 Å². The van der Waals surface area contributed by atoms with Crippen LogP contribution < -0.4 is 0 Å². The highest BCUT2D eigenvalue weighted by Crippen LogP contribution is 2.28.